The van der Waals surface area contributed by atoms with Crippen LogP contribution >= 0.6 is 11.6 Å². The number of fused-ring (bicyclic) bond motifs is 3. The van der Waals surface area contributed by atoms with E-state index in [1.807, 2.05) is 51.1 Å². The van der Waals surface area contributed by atoms with Crippen LogP contribution in [-0.4, -0.2) is 57.8 Å². The van der Waals surface area contributed by atoms with Crippen LogP contribution in [0.15, 0.2) is 48.5 Å². The van der Waals surface area contributed by atoms with Crippen molar-refractivity contribution in [3.63, 3.8) is 0 Å². The van der Waals surface area contributed by atoms with E-state index >= 15 is 8.78 Å². The van der Waals surface area contributed by atoms with E-state index in [-0.39, 0.29) is 58.7 Å². The zero-order chi connectivity index (χ0) is 35.2. The third-order valence-corrected chi connectivity index (χ3v) is 14.6. The summed E-state index contributed by atoms with van der Waals surface area (Å²) in [6.45, 7) is 17.4. The topological polar surface area (TPSA) is 75.0 Å². The summed E-state index contributed by atoms with van der Waals surface area (Å²) in [4.78, 5) is 17.1. The molecule has 11 heteroatoms. The van der Waals surface area contributed by atoms with Crippen molar-refractivity contribution in [1.82, 2.24) is 4.90 Å². The second-order valence-corrected chi connectivity index (χ2v) is 20.2. The SMILES string of the molecule is CC(C)(C)OC(=O)N1CCN2c3cc(F)c(Cl)c(-c4c(C#N)ccc(OCCO[Si](C)(C)C(C)(C)C)c4F)c3CC2(c2ccccc2)C1. The molecule has 1 atom stereocenters. The van der Waals surface area contributed by atoms with Crippen molar-refractivity contribution in [3.8, 4) is 22.9 Å². The van der Waals surface area contributed by atoms with E-state index in [0.717, 1.165) is 5.56 Å². The summed E-state index contributed by atoms with van der Waals surface area (Å²) in [7, 11) is -2.05. The summed E-state index contributed by atoms with van der Waals surface area (Å²) in [5.41, 5.74) is 0.500. The number of anilines is 1. The quantitative estimate of drug-likeness (QED) is 0.181. The van der Waals surface area contributed by atoms with E-state index in [0.29, 0.717) is 24.3 Å². The second kappa shape index (κ2) is 13.0. The Morgan fingerprint density at radius 1 is 1.02 bits per heavy atom. The van der Waals surface area contributed by atoms with Gasteiger partial charge in [0.05, 0.1) is 35.3 Å². The highest BCUT2D eigenvalue weighted by atomic mass is 35.5. The van der Waals surface area contributed by atoms with Gasteiger partial charge in [-0.1, -0.05) is 62.7 Å². The Balaban J connectivity index is 1.58. The molecule has 256 valence electrons. The molecule has 2 heterocycles. The standard InChI is InChI=1S/C37H44ClF2N3O4Si/c1-35(2,3)47-34(44)42-16-17-43-28-20-27(39)32(38)31(26(28)21-37(43,23-42)25-12-10-9-11-13-25)30-24(22-41)14-15-29(33(30)40)45-18-19-46-48(7,8)36(4,5)6/h9-15,20H,16-19,21,23H2,1-8H3. The molecule has 2 aliphatic heterocycles. The van der Waals surface area contributed by atoms with E-state index < -0.39 is 37.2 Å². The van der Waals surface area contributed by atoms with E-state index in [1.54, 1.807) is 4.90 Å². The number of hydrogen-bond donors (Lipinski definition) is 0. The normalized spacial score (nSPS) is 17.9. The van der Waals surface area contributed by atoms with Crippen LogP contribution in [0.5, 0.6) is 5.75 Å². The molecule has 48 heavy (non-hydrogen) atoms. The molecule has 0 aliphatic carbocycles. The average Bonchev–Trinajstić information content (AvgIpc) is 3.34. The molecule has 0 saturated carbocycles. The summed E-state index contributed by atoms with van der Waals surface area (Å²) in [5.74, 6) is -1.62. The van der Waals surface area contributed by atoms with Crippen LogP contribution in [0.2, 0.25) is 23.2 Å². The van der Waals surface area contributed by atoms with E-state index in [4.69, 9.17) is 25.5 Å². The van der Waals surface area contributed by atoms with Gasteiger partial charge in [0.25, 0.3) is 0 Å². The minimum absolute atomic E-state index is 0.00101. The first-order chi connectivity index (χ1) is 22.4. The van der Waals surface area contributed by atoms with Gasteiger partial charge in [0, 0.05) is 36.3 Å². The molecule has 1 unspecified atom stereocenters. The molecule has 0 N–H and O–H groups in total. The fourth-order valence-electron chi connectivity index (χ4n) is 6.29. The van der Waals surface area contributed by atoms with Gasteiger partial charge in [-0.3, -0.25) is 0 Å². The summed E-state index contributed by atoms with van der Waals surface area (Å²) >= 11 is 6.71. The smallest absolute Gasteiger partial charge is 0.410 e. The predicted octanol–water partition coefficient (Wildman–Crippen LogP) is 9.07. The predicted molar refractivity (Wildman–Crippen MR) is 187 cm³/mol. The first-order valence-electron chi connectivity index (χ1n) is 16.2. The molecule has 1 fully saturated rings. The monoisotopic (exact) mass is 695 g/mol. The molecule has 0 radical (unpaired) electrons. The van der Waals surface area contributed by atoms with Gasteiger partial charge in [0.2, 0.25) is 0 Å². The third kappa shape index (κ3) is 6.65. The fourth-order valence-corrected chi connectivity index (χ4v) is 7.58. The Hall–Kier alpha value is -3.65. The van der Waals surface area contributed by atoms with Crippen molar-refractivity contribution in [1.29, 1.82) is 5.26 Å². The Labute approximate surface area is 288 Å². The second-order valence-electron chi connectivity index (χ2n) is 15.0. The molecule has 2 aliphatic rings. The number of rotatable bonds is 7. The summed E-state index contributed by atoms with van der Waals surface area (Å²) in [6, 6.07) is 16.0. The van der Waals surface area contributed by atoms with Crippen molar-refractivity contribution < 1.29 is 27.5 Å². The van der Waals surface area contributed by atoms with Crippen LogP contribution in [0.4, 0.5) is 19.3 Å². The number of carbonyl (C=O) groups excluding carboxylic acids is 1. The summed E-state index contributed by atoms with van der Waals surface area (Å²) in [6.07, 6.45) is -0.172. The molecule has 1 saturated heterocycles. The number of nitriles is 1. The third-order valence-electron chi connectivity index (χ3n) is 9.68. The lowest BCUT2D eigenvalue weighted by atomic mass is 9.82. The molecule has 3 aromatic rings. The van der Waals surface area contributed by atoms with Gasteiger partial charge in [-0.2, -0.15) is 5.26 Å². The van der Waals surface area contributed by atoms with Gasteiger partial charge < -0.3 is 23.7 Å². The first-order valence-corrected chi connectivity index (χ1v) is 19.5. The number of nitrogens with zero attached hydrogens (tertiary/aromatic N) is 3. The number of piperazine rings is 1. The Bertz CT molecular complexity index is 1750. The number of carbonyl (C=O) groups is 1. The van der Waals surface area contributed by atoms with Crippen molar-refractivity contribution in [2.45, 2.75) is 77.2 Å². The Kier molecular flexibility index (Phi) is 9.65. The zero-order valence-corrected chi connectivity index (χ0v) is 30.7. The molecule has 1 amide bonds. The minimum atomic E-state index is -2.05. The number of halogens is 3. The van der Waals surface area contributed by atoms with Gasteiger partial charge in [-0.15, -0.1) is 0 Å². The van der Waals surface area contributed by atoms with Crippen molar-refractivity contribution in [3.05, 3.63) is 81.9 Å². The lowest BCUT2D eigenvalue weighted by Crippen LogP contribution is -2.60. The molecule has 3 aromatic carbocycles. The van der Waals surface area contributed by atoms with Crippen molar-refractivity contribution >= 4 is 31.7 Å². The van der Waals surface area contributed by atoms with Gasteiger partial charge in [0.15, 0.2) is 19.9 Å². The maximum absolute atomic E-state index is 16.6. The van der Waals surface area contributed by atoms with Crippen LogP contribution in [0.1, 0.15) is 58.2 Å². The highest BCUT2D eigenvalue weighted by Gasteiger charge is 2.51. The van der Waals surface area contributed by atoms with Gasteiger partial charge in [-0.05, 0) is 68.2 Å². The molecular weight excluding hydrogens is 652 g/mol. The van der Waals surface area contributed by atoms with Gasteiger partial charge in [-0.25, -0.2) is 13.6 Å². The van der Waals surface area contributed by atoms with E-state index in [9.17, 15) is 10.1 Å². The molecule has 5 rings (SSSR count). The number of hydrogen-bond acceptors (Lipinski definition) is 6. The average molecular weight is 696 g/mol. The number of ether oxygens (including phenoxy) is 2. The minimum Gasteiger partial charge on any atom is -0.488 e. The molecule has 7 nitrogen and oxygen atoms in total. The van der Waals surface area contributed by atoms with Crippen LogP contribution in [0.25, 0.3) is 11.1 Å². The summed E-state index contributed by atoms with van der Waals surface area (Å²) < 4.78 is 50.2. The largest absolute Gasteiger partial charge is 0.488 e. The highest BCUT2D eigenvalue weighted by molar-refractivity contribution is 6.74. The van der Waals surface area contributed by atoms with Gasteiger partial charge in [0.1, 0.15) is 18.0 Å². The maximum atomic E-state index is 16.6. The first kappa shape index (κ1) is 35.6. The lowest BCUT2D eigenvalue weighted by molar-refractivity contribution is 0.0164. The molecule has 0 aromatic heterocycles. The molecule has 0 bridgehead atoms. The number of benzene rings is 3. The van der Waals surface area contributed by atoms with Crippen molar-refractivity contribution in [2.75, 3.05) is 37.7 Å². The van der Waals surface area contributed by atoms with Crippen LogP contribution < -0.4 is 9.64 Å². The maximum Gasteiger partial charge on any atom is 0.410 e. The van der Waals surface area contributed by atoms with E-state index in [2.05, 4.69) is 44.8 Å². The molecular formula is C37H44ClF2N3O4Si. The Morgan fingerprint density at radius 2 is 1.71 bits per heavy atom. The van der Waals surface area contributed by atoms with Crippen LogP contribution in [0, 0.1) is 23.0 Å². The van der Waals surface area contributed by atoms with Crippen molar-refractivity contribution in [2.24, 2.45) is 0 Å². The zero-order valence-electron chi connectivity index (χ0n) is 29.0. The fraction of sp³-hybridized carbons (Fsp3) is 0.459. The summed E-state index contributed by atoms with van der Waals surface area (Å²) in [5, 5.41) is 9.85. The lowest BCUT2D eigenvalue weighted by Gasteiger charge is -2.48. The number of amides is 1. The highest BCUT2D eigenvalue weighted by Crippen LogP contribution is 2.53. The van der Waals surface area contributed by atoms with Crippen LogP contribution in [-0.2, 0) is 21.1 Å². The van der Waals surface area contributed by atoms with E-state index in [1.165, 1.54) is 18.2 Å². The molecule has 0 spiro atoms. The Morgan fingerprint density at radius 3 is 2.33 bits per heavy atom. The van der Waals surface area contributed by atoms with Gasteiger partial charge >= 0.3 is 6.09 Å². The van der Waals surface area contributed by atoms with Crippen LogP contribution in [0.3, 0.4) is 0 Å².